The Morgan fingerprint density at radius 1 is 1.38 bits per heavy atom. The number of H-pyrrole nitrogens is 1. The van der Waals surface area contributed by atoms with Gasteiger partial charge in [0.05, 0.1) is 25.2 Å². The summed E-state index contributed by atoms with van der Waals surface area (Å²) in [5, 5.41) is 0. The zero-order valence-electron chi connectivity index (χ0n) is 12.4. The maximum Gasteiger partial charge on any atom is 0.225 e. The predicted molar refractivity (Wildman–Crippen MR) is 78.9 cm³/mol. The maximum absolute atomic E-state index is 12.4. The van der Waals surface area contributed by atoms with Crippen molar-refractivity contribution in [1.29, 1.82) is 0 Å². The van der Waals surface area contributed by atoms with Gasteiger partial charge in [-0.05, 0) is 37.8 Å². The summed E-state index contributed by atoms with van der Waals surface area (Å²) in [5.74, 6) is 0.208. The molecule has 1 aromatic heterocycles. The second-order valence-corrected chi connectivity index (χ2v) is 5.80. The highest BCUT2D eigenvalue weighted by Crippen LogP contribution is 2.31. The second-order valence-electron chi connectivity index (χ2n) is 5.80. The highest BCUT2D eigenvalue weighted by atomic mass is 16.5. The number of rotatable bonds is 5. The molecule has 5 nitrogen and oxygen atoms in total. The topological polar surface area (TPSA) is 54.6 Å². The third-order valence-corrected chi connectivity index (χ3v) is 4.39. The average molecular weight is 292 g/mol. The SMILES string of the molecule is O=C(CCOC1CCOCC1)N1CCC[C@@H]1c1ccc[nH]1. The molecule has 5 heteroatoms. The van der Waals surface area contributed by atoms with Gasteiger partial charge in [0.15, 0.2) is 0 Å². The Balaban J connectivity index is 1.46. The first-order valence-electron chi connectivity index (χ1n) is 7.96. The molecule has 0 bridgehead atoms. The van der Waals surface area contributed by atoms with E-state index in [4.69, 9.17) is 9.47 Å². The maximum atomic E-state index is 12.4. The zero-order chi connectivity index (χ0) is 14.5. The summed E-state index contributed by atoms with van der Waals surface area (Å²) in [7, 11) is 0. The van der Waals surface area contributed by atoms with Crippen LogP contribution in [0.1, 0.15) is 43.8 Å². The van der Waals surface area contributed by atoms with Crippen molar-refractivity contribution < 1.29 is 14.3 Å². The number of hydrogen-bond acceptors (Lipinski definition) is 3. The van der Waals surface area contributed by atoms with E-state index in [-0.39, 0.29) is 18.1 Å². The van der Waals surface area contributed by atoms with Gasteiger partial charge in [0.25, 0.3) is 0 Å². The van der Waals surface area contributed by atoms with Crippen LogP contribution in [-0.2, 0) is 14.3 Å². The highest BCUT2D eigenvalue weighted by molar-refractivity contribution is 5.77. The van der Waals surface area contributed by atoms with Crippen molar-refractivity contribution in [3.8, 4) is 0 Å². The predicted octanol–water partition coefficient (Wildman–Crippen LogP) is 2.26. The summed E-state index contributed by atoms with van der Waals surface area (Å²) in [6.45, 7) is 2.94. The number of nitrogens with one attached hydrogen (secondary N) is 1. The van der Waals surface area contributed by atoms with Gasteiger partial charge in [0.1, 0.15) is 0 Å². The standard InChI is InChI=1S/C16H24N2O3/c19-16(7-12-21-13-5-10-20-11-6-13)18-9-2-4-15(18)14-3-1-8-17-14/h1,3,8,13,15,17H,2,4-7,9-12H2/t15-/m1/s1. The molecule has 1 amide bonds. The number of ether oxygens (including phenoxy) is 2. The molecule has 0 saturated carbocycles. The summed E-state index contributed by atoms with van der Waals surface area (Å²) in [4.78, 5) is 17.6. The van der Waals surface area contributed by atoms with Gasteiger partial charge in [-0.2, -0.15) is 0 Å². The molecular weight excluding hydrogens is 268 g/mol. The van der Waals surface area contributed by atoms with Crippen molar-refractivity contribution >= 4 is 5.91 Å². The smallest absolute Gasteiger partial charge is 0.225 e. The molecule has 0 spiro atoms. The van der Waals surface area contributed by atoms with Crippen LogP contribution in [-0.4, -0.2) is 48.3 Å². The lowest BCUT2D eigenvalue weighted by molar-refractivity contribution is -0.134. The minimum Gasteiger partial charge on any atom is -0.381 e. The quantitative estimate of drug-likeness (QED) is 0.905. The summed E-state index contributed by atoms with van der Waals surface area (Å²) >= 11 is 0. The lowest BCUT2D eigenvalue weighted by Gasteiger charge is -2.25. The molecule has 116 valence electrons. The van der Waals surface area contributed by atoms with Crippen molar-refractivity contribution in [1.82, 2.24) is 9.88 Å². The molecule has 3 rings (SSSR count). The number of likely N-dealkylation sites (tertiary alicyclic amines) is 1. The van der Waals surface area contributed by atoms with Crippen LogP contribution in [0.2, 0.25) is 0 Å². The molecule has 0 radical (unpaired) electrons. The van der Waals surface area contributed by atoms with Gasteiger partial charge in [-0.1, -0.05) is 0 Å². The van der Waals surface area contributed by atoms with Crippen molar-refractivity contribution in [3.63, 3.8) is 0 Å². The summed E-state index contributed by atoms with van der Waals surface area (Å²) in [5.41, 5.74) is 1.14. The van der Waals surface area contributed by atoms with Crippen LogP contribution < -0.4 is 0 Å². The van der Waals surface area contributed by atoms with Crippen molar-refractivity contribution in [2.24, 2.45) is 0 Å². The normalized spacial score (nSPS) is 23.6. The van der Waals surface area contributed by atoms with Crippen LogP contribution in [0.4, 0.5) is 0 Å². The Hall–Kier alpha value is -1.33. The third-order valence-electron chi connectivity index (χ3n) is 4.39. The zero-order valence-corrected chi connectivity index (χ0v) is 12.4. The Labute approximate surface area is 125 Å². The summed E-state index contributed by atoms with van der Waals surface area (Å²) in [6.07, 6.45) is 6.69. The molecule has 2 saturated heterocycles. The lowest BCUT2D eigenvalue weighted by Crippen LogP contribution is -2.32. The monoisotopic (exact) mass is 292 g/mol. The Kier molecular flexibility index (Phi) is 4.93. The van der Waals surface area contributed by atoms with Crippen molar-refractivity contribution in [2.45, 2.75) is 44.2 Å². The van der Waals surface area contributed by atoms with Gasteiger partial charge >= 0.3 is 0 Å². The van der Waals surface area contributed by atoms with Crippen LogP contribution in [0.15, 0.2) is 18.3 Å². The molecule has 0 aliphatic carbocycles. The molecule has 2 aliphatic heterocycles. The number of hydrogen-bond donors (Lipinski definition) is 1. The molecule has 1 N–H and O–H groups in total. The number of carbonyl (C=O) groups is 1. The molecular formula is C16H24N2O3. The number of carbonyl (C=O) groups excluding carboxylic acids is 1. The molecule has 1 atom stereocenters. The average Bonchev–Trinajstić information content (AvgIpc) is 3.19. The fourth-order valence-corrected chi connectivity index (χ4v) is 3.24. The van der Waals surface area contributed by atoms with Crippen LogP contribution in [0.25, 0.3) is 0 Å². The molecule has 21 heavy (non-hydrogen) atoms. The van der Waals surface area contributed by atoms with Crippen molar-refractivity contribution in [3.05, 3.63) is 24.0 Å². The molecule has 0 unspecified atom stereocenters. The Morgan fingerprint density at radius 2 is 2.24 bits per heavy atom. The molecule has 2 aliphatic rings. The molecule has 3 heterocycles. The van der Waals surface area contributed by atoms with E-state index in [9.17, 15) is 4.79 Å². The third kappa shape index (κ3) is 3.66. The van der Waals surface area contributed by atoms with E-state index in [1.165, 1.54) is 0 Å². The number of amides is 1. The first-order valence-corrected chi connectivity index (χ1v) is 7.96. The van der Waals surface area contributed by atoms with Crippen LogP contribution >= 0.6 is 0 Å². The lowest BCUT2D eigenvalue weighted by atomic mass is 10.1. The number of nitrogens with zero attached hydrogens (tertiary/aromatic N) is 1. The van der Waals surface area contributed by atoms with Gasteiger partial charge < -0.3 is 19.4 Å². The van der Waals surface area contributed by atoms with E-state index in [0.717, 1.165) is 51.1 Å². The van der Waals surface area contributed by atoms with E-state index < -0.39 is 0 Å². The Morgan fingerprint density at radius 3 is 3.00 bits per heavy atom. The molecule has 1 aromatic rings. The first-order chi connectivity index (χ1) is 10.3. The van der Waals surface area contributed by atoms with E-state index >= 15 is 0 Å². The van der Waals surface area contributed by atoms with Crippen LogP contribution in [0, 0.1) is 0 Å². The minimum absolute atomic E-state index is 0.208. The van der Waals surface area contributed by atoms with Crippen LogP contribution in [0.3, 0.4) is 0 Å². The van der Waals surface area contributed by atoms with E-state index in [2.05, 4.69) is 11.1 Å². The molecule has 0 aromatic carbocycles. The van der Waals surface area contributed by atoms with Gasteiger partial charge in [-0.3, -0.25) is 4.79 Å². The van der Waals surface area contributed by atoms with Gasteiger partial charge in [-0.15, -0.1) is 0 Å². The van der Waals surface area contributed by atoms with Crippen LogP contribution in [0.5, 0.6) is 0 Å². The second kappa shape index (κ2) is 7.09. The first kappa shape index (κ1) is 14.6. The van der Waals surface area contributed by atoms with Gasteiger partial charge in [0, 0.05) is 31.6 Å². The summed E-state index contributed by atoms with van der Waals surface area (Å²) in [6, 6.07) is 4.27. The largest absolute Gasteiger partial charge is 0.381 e. The van der Waals surface area contributed by atoms with Gasteiger partial charge in [-0.25, -0.2) is 0 Å². The molecule has 2 fully saturated rings. The fourth-order valence-electron chi connectivity index (χ4n) is 3.24. The Bertz CT molecular complexity index is 440. The highest BCUT2D eigenvalue weighted by Gasteiger charge is 2.30. The van der Waals surface area contributed by atoms with Gasteiger partial charge in [0.2, 0.25) is 5.91 Å². The van der Waals surface area contributed by atoms with Crippen molar-refractivity contribution in [2.75, 3.05) is 26.4 Å². The summed E-state index contributed by atoms with van der Waals surface area (Å²) < 4.78 is 11.1. The minimum atomic E-state index is 0.208. The van der Waals surface area contributed by atoms with E-state index in [1.54, 1.807) is 0 Å². The fraction of sp³-hybridized carbons (Fsp3) is 0.688. The van der Waals surface area contributed by atoms with E-state index in [0.29, 0.717) is 13.0 Å². The number of aromatic amines is 1. The van der Waals surface area contributed by atoms with E-state index in [1.807, 2.05) is 17.2 Å². The number of aromatic nitrogens is 1.